The number of nitrogens with two attached hydrogens (primary N) is 2. The minimum atomic E-state index is 0. The molecule has 0 fully saturated rings. The van der Waals surface area contributed by atoms with Crippen molar-refractivity contribution in [2.24, 2.45) is 17.4 Å². The zero-order chi connectivity index (χ0) is 15.6. The van der Waals surface area contributed by atoms with Crippen LogP contribution in [-0.4, -0.2) is 24.6 Å². The van der Waals surface area contributed by atoms with Crippen LogP contribution in [0.3, 0.4) is 0 Å². The number of thioether (sulfide) groups is 1. The van der Waals surface area contributed by atoms with Gasteiger partial charge in [0.15, 0.2) is 0 Å². The van der Waals surface area contributed by atoms with Crippen LogP contribution < -0.4 is 11.5 Å². The first-order valence-electron chi connectivity index (χ1n) is 9.33. The number of halogens is 2. The van der Waals surface area contributed by atoms with Crippen molar-refractivity contribution in [3.8, 4) is 0 Å². The van der Waals surface area contributed by atoms with Gasteiger partial charge in [0, 0.05) is 0 Å². The Labute approximate surface area is 162 Å². The highest BCUT2D eigenvalue weighted by atomic mass is 35.5. The van der Waals surface area contributed by atoms with E-state index in [9.17, 15) is 0 Å². The molecular weight excluding hydrogens is 347 g/mol. The van der Waals surface area contributed by atoms with Gasteiger partial charge in [-0.2, -0.15) is 11.8 Å². The summed E-state index contributed by atoms with van der Waals surface area (Å²) >= 11 is 2.09. The smallest absolute Gasteiger partial charge is 0.00271 e. The Morgan fingerprint density at radius 1 is 0.739 bits per heavy atom. The van der Waals surface area contributed by atoms with E-state index in [0.29, 0.717) is 5.92 Å². The zero-order valence-electron chi connectivity index (χ0n) is 15.3. The molecule has 4 N–H and O–H groups in total. The standard InChI is InChI=1S/C18H40N2S.2ClH/c1-2-3-4-5-6-7-8-9-10-11-15-21-17-18(16-20)13-12-14-19;;/h18H,2-17,19-20H2,1H3;2*1H. The zero-order valence-corrected chi connectivity index (χ0v) is 17.7. The van der Waals surface area contributed by atoms with Crippen LogP contribution in [0.2, 0.25) is 0 Å². The Morgan fingerprint density at radius 2 is 1.26 bits per heavy atom. The molecule has 0 spiro atoms. The highest BCUT2D eigenvalue weighted by Crippen LogP contribution is 2.16. The minimum absolute atomic E-state index is 0. The maximum Gasteiger partial charge on any atom is -0.00271 e. The van der Waals surface area contributed by atoms with E-state index in [-0.39, 0.29) is 24.8 Å². The molecule has 0 aromatic heterocycles. The molecule has 23 heavy (non-hydrogen) atoms. The first-order chi connectivity index (χ1) is 10.3. The second-order valence-corrected chi connectivity index (χ2v) is 7.44. The molecule has 0 aliphatic carbocycles. The summed E-state index contributed by atoms with van der Waals surface area (Å²) in [7, 11) is 0. The molecule has 0 radical (unpaired) electrons. The van der Waals surface area contributed by atoms with Crippen LogP contribution in [0.15, 0.2) is 0 Å². The summed E-state index contributed by atoms with van der Waals surface area (Å²) in [5.41, 5.74) is 11.4. The Morgan fingerprint density at radius 3 is 1.74 bits per heavy atom. The fraction of sp³-hybridized carbons (Fsp3) is 1.00. The van der Waals surface area contributed by atoms with E-state index < -0.39 is 0 Å². The van der Waals surface area contributed by atoms with Crippen LogP contribution in [-0.2, 0) is 0 Å². The molecule has 0 aromatic rings. The molecule has 0 saturated heterocycles. The molecule has 144 valence electrons. The second kappa shape index (κ2) is 25.1. The second-order valence-electron chi connectivity index (χ2n) is 6.29. The maximum atomic E-state index is 5.80. The van der Waals surface area contributed by atoms with Crippen LogP contribution >= 0.6 is 36.6 Å². The minimum Gasteiger partial charge on any atom is -0.330 e. The summed E-state index contributed by atoms with van der Waals surface area (Å²) in [5.74, 6) is 3.23. The molecule has 0 amide bonds. The highest BCUT2D eigenvalue weighted by molar-refractivity contribution is 7.99. The fourth-order valence-corrected chi connectivity index (χ4v) is 3.83. The Bertz CT molecular complexity index is 198. The summed E-state index contributed by atoms with van der Waals surface area (Å²) < 4.78 is 0. The Kier molecular flexibility index (Phi) is 31.3. The average molecular weight is 390 g/mol. The van der Waals surface area contributed by atoms with Gasteiger partial charge in [-0.1, -0.05) is 64.7 Å². The summed E-state index contributed by atoms with van der Waals surface area (Å²) in [6, 6.07) is 0. The van der Waals surface area contributed by atoms with E-state index in [1.807, 2.05) is 0 Å². The Hall–Kier alpha value is 0.850. The first kappa shape index (κ1) is 28.6. The number of hydrogen-bond donors (Lipinski definition) is 2. The van der Waals surface area contributed by atoms with Gasteiger partial charge < -0.3 is 11.5 Å². The third-order valence-corrected chi connectivity index (χ3v) is 5.43. The van der Waals surface area contributed by atoms with E-state index in [1.165, 1.54) is 82.1 Å². The van der Waals surface area contributed by atoms with Crippen molar-refractivity contribution in [2.75, 3.05) is 24.6 Å². The van der Waals surface area contributed by atoms with E-state index in [2.05, 4.69) is 18.7 Å². The van der Waals surface area contributed by atoms with Crippen LogP contribution in [0.25, 0.3) is 0 Å². The van der Waals surface area contributed by atoms with Gasteiger partial charge in [-0.25, -0.2) is 0 Å². The third-order valence-electron chi connectivity index (χ3n) is 4.15. The van der Waals surface area contributed by atoms with E-state index >= 15 is 0 Å². The normalized spacial score (nSPS) is 11.6. The predicted octanol–water partition coefficient (Wildman–Crippen LogP) is 5.80. The van der Waals surface area contributed by atoms with E-state index in [4.69, 9.17) is 11.5 Å². The molecule has 0 aliphatic heterocycles. The quantitative estimate of drug-likeness (QED) is 0.309. The number of rotatable bonds is 17. The molecule has 1 unspecified atom stereocenters. The van der Waals surface area contributed by atoms with Crippen molar-refractivity contribution >= 4 is 36.6 Å². The van der Waals surface area contributed by atoms with Gasteiger partial charge in [0.1, 0.15) is 0 Å². The third kappa shape index (κ3) is 22.9. The van der Waals surface area contributed by atoms with Gasteiger partial charge in [-0.15, -0.1) is 24.8 Å². The van der Waals surface area contributed by atoms with Gasteiger partial charge in [0.05, 0.1) is 0 Å². The lowest BCUT2D eigenvalue weighted by Crippen LogP contribution is -2.18. The molecule has 1 atom stereocenters. The van der Waals surface area contributed by atoms with Crippen molar-refractivity contribution in [1.29, 1.82) is 0 Å². The van der Waals surface area contributed by atoms with Gasteiger partial charge in [-0.3, -0.25) is 0 Å². The van der Waals surface area contributed by atoms with Crippen molar-refractivity contribution in [1.82, 2.24) is 0 Å². The summed E-state index contributed by atoms with van der Waals surface area (Å²) in [5, 5.41) is 0. The maximum absolute atomic E-state index is 5.80. The van der Waals surface area contributed by atoms with Crippen molar-refractivity contribution in [3.05, 3.63) is 0 Å². The lowest BCUT2D eigenvalue weighted by atomic mass is 10.1. The molecule has 5 heteroatoms. The monoisotopic (exact) mass is 388 g/mol. The van der Waals surface area contributed by atoms with Gasteiger partial charge in [0.2, 0.25) is 0 Å². The van der Waals surface area contributed by atoms with Crippen LogP contribution in [0.1, 0.15) is 84.0 Å². The number of hydrogen-bond acceptors (Lipinski definition) is 3. The molecule has 0 bridgehead atoms. The summed E-state index contributed by atoms with van der Waals surface area (Å²) in [6.07, 6.45) is 16.6. The molecule has 0 saturated carbocycles. The highest BCUT2D eigenvalue weighted by Gasteiger charge is 2.05. The molecular formula is C18H42Cl2N2S. The van der Waals surface area contributed by atoms with Crippen molar-refractivity contribution in [2.45, 2.75) is 84.0 Å². The number of unbranched alkanes of at least 4 members (excludes halogenated alkanes) is 9. The van der Waals surface area contributed by atoms with Gasteiger partial charge >= 0.3 is 0 Å². The lowest BCUT2D eigenvalue weighted by molar-refractivity contribution is 0.532. The fourth-order valence-electron chi connectivity index (χ4n) is 2.62. The first-order valence-corrected chi connectivity index (χ1v) is 10.5. The van der Waals surface area contributed by atoms with E-state index in [0.717, 1.165) is 19.5 Å². The largest absolute Gasteiger partial charge is 0.330 e. The molecule has 0 rings (SSSR count). The van der Waals surface area contributed by atoms with E-state index in [1.54, 1.807) is 0 Å². The topological polar surface area (TPSA) is 52.0 Å². The predicted molar refractivity (Wildman–Crippen MR) is 114 cm³/mol. The molecule has 2 nitrogen and oxygen atoms in total. The molecule has 0 aliphatic rings. The van der Waals surface area contributed by atoms with Crippen LogP contribution in [0.4, 0.5) is 0 Å². The summed E-state index contributed by atoms with van der Waals surface area (Å²) in [4.78, 5) is 0. The van der Waals surface area contributed by atoms with Gasteiger partial charge in [0.25, 0.3) is 0 Å². The van der Waals surface area contributed by atoms with Crippen molar-refractivity contribution in [3.63, 3.8) is 0 Å². The SMILES string of the molecule is CCCCCCCCCCCCSCC(CN)CCCN.Cl.Cl. The molecule has 0 aromatic carbocycles. The summed E-state index contributed by atoms with van der Waals surface area (Å²) in [6.45, 7) is 3.91. The van der Waals surface area contributed by atoms with Crippen molar-refractivity contribution < 1.29 is 0 Å². The molecule has 0 heterocycles. The average Bonchev–Trinajstić information content (AvgIpc) is 2.51. The van der Waals surface area contributed by atoms with Gasteiger partial charge in [-0.05, 0) is 49.8 Å². The van der Waals surface area contributed by atoms with Crippen LogP contribution in [0.5, 0.6) is 0 Å². The Balaban J connectivity index is -0.00000200. The lowest BCUT2D eigenvalue weighted by Gasteiger charge is -2.13. The van der Waals surface area contributed by atoms with Crippen LogP contribution in [0, 0.1) is 5.92 Å².